The lowest BCUT2D eigenvalue weighted by Gasteiger charge is -2.21. The first-order valence-electron chi connectivity index (χ1n) is 8.14. The van der Waals surface area contributed by atoms with Crippen LogP contribution < -0.4 is 0 Å². The molecule has 0 aliphatic heterocycles. The number of carbonyl (C=O) groups is 1. The lowest BCUT2D eigenvalue weighted by atomic mass is 9.98. The molecule has 0 aromatic heterocycles. The van der Waals surface area contributed by atoms with E-state index in [-0.39, 0.29) is 11.8 Å². The van der Waals surface area contributed by atoms with Gasteiger partial charge in [0.2, 0.25) is 0 Å². The minimum atomic E-state index is -5.05. The number of benzene rings is 1. The molecule has 1 atom stereocenters. The molecule has 0 heterocycles. The van der Waals surface area contributed by atoms with Crippen LogP contribution in [0.15, 0.2) is 41.9 Å². The third-order valence-corrected chi connectivity index (χ3v) is 3.88. The van der Waals surface area contributed by atoms with Crippen LogP contribution in [-0.2, 0) is 33.2 Å². The summed E-state index contributed by atoms with van der Waals surface area (Å²) in [6, 6.07) is 0.839. The van der Waals surface area contributed by atoms with Crippen LogP contribution in [0.25, 0.3) is 0 Å². The maximum atomic E-state index is 12.9. The van der Waals surface area contributed by atoms with Gasteiger partial charge in [-0.3, -0.25) is 4.79 Å². The third-order valence-electron chi connectivity index (χ3n) is 3.88. The predicted octanol–water partition coefficient (Wildman–Crippen LogP) is 5.81. The molecule has 0 bridgehead atoms. The zero-order valence-electron chi connectivity index (χ0n) is 15.0. The van der Waals surface area contributed by atoms with E-state index in [9.17, 15) is 44.3 Å². The third kappa shape index (κ3) is 6.42. The number of ether oxygens (including phenoxy) is 2. The van der Waals surface area contributed by atoms with Crippen LogP contribution in [0.5, 0.6) is 0 Å². The Morgan fingerprint density at radius 3 is 1.83 bits per heavy atom. The fraction of sp³-hybridized carbons (Fsp3) is 0.389. The lowest BCUT2D eigenvalue weighted by molar-refractivity contribution is -0.164. The van der Waals surface area contributed by atoms with E-state index in [1.165, 1.54) is 6.92 Å². The Balaban J connectivity index is 2.25. The van der Waals surface area contributed by atoms with E-state index in [0.29, 0.717) is 12.1 Å². The minimum Gasteiger partial charge on any atom is -0.492 e. The fourth-order valence-electron chi connectivity index (χ4n) is 2.40. The molecule has 1 unspecified atom stereocenters. The molecule has 0 saturated carbocycles. The van der Waals surface area contributed by atoms with Crippen LogP contribution >= 0.6 is 0 Å². The van der Waals surface area contributed by atoms with Gasteiger partial charge in [-0.05, 0) is 30.7 Å². The van der Waals surface area contributed by atoms with Crippen molar-refractivity contribution in [3.63, 3.8) is 0 Å². The van der Waals surface area contributed by atoms with Crippen molar-refractivity contribution in [2.75, 3.05) is 6.61 Å². The zero-order chi connectivity index (χ0) is 22.9. The highest BCUT2D eigenvalue weighted by atomic mass is 19.4. The highest BCUT2D eigenvalue weighted by Gasteiger charge is 2.37. The molecule has 0 radical (unpaired) electrons. The predicted molar refractivity (Wildman–Crippen MR) is 83.6 cm³/mol. The number of allylic oxidation sites excluding steroid dienone is 3. The molecule has 1 aliphatic rings. The first kappa shape index (κ1) is 23.6. The minimum absolute atomic E-state index is 0.0542. The summed E-state index contributed by atoms with van der Waals surface area (Å²) in [5.41, 5.74) is -3.59. The van der Waals surface area contributed by atoms with Gasteiger partial charge in [-0.1, -0.05) is 0 Å². The highest BCUT2D eigenvalue weighted by Crippen LogP contribution is 2.37. The number of alkyl halides is 9. The molecular formula is C18H13F9O3. The van der Waals surface area contributed by atoms with Crippen molar-refractivity contribution >= 4 is 5.78 Å². The summed E-state index contributed by atoms with van der Waals surface area (Å²) >= 11 is 0. The van der Waals surface area contributed by atoms with Crippen molar-refractivity contribution in [3.8, 4) is 0 Å². The number of halogens is 9. The van der Waals surface area contributed by atoms with Crippen LogP contribution in [0.3, 0.4) is 0 Å². The zero-order valence-corrected chi connectivity index (χ0v) is 15.0. The molecular weight excluding hydrogens is 435 g/mol. The highest BCUT2D eigenvalue weighted by molar-refractivity contribution is 5.95. The summed E-state index contributed by atoms with van der Waals surface area (Å²) in [6.07, 6.45) is -13.1. The Morgan fingerprint density at radius 1 is 0.833 bits per heavy atom. The fourth-order valence-corrected chi connectivity index (χ4v) is 2.40. The average molecular weight is 448 g/mol. The van der Waals surface area contributed by atoms with E-state index in [1.54, 1.807) is 0 Å². The standard InChI is InChI=1S/C18H13F9O3/c1-9-14(28)5-13(30-8-16(19,20)21)6-15(9)29-7-10-2-11(17(22,23)24)4-12(3-10)18(25,26)27/h2-6,9H,7-8H2,1H3. The molecule has 1 aromatic carbocycles. The van der Waals surface area contributed by atoms with Gasteiger partial charge in [-0.25, -0.2) is 0 Å². The van der Waals surface area contributed by atoms with E-state index in [2.05, 4.69) is 4.74 Å². The molecule has 1 aromatic rings. The van der Waals surface area contributed by atoms with Crippen molar-refractivity contribution in [3.05, 3.63) is 58.6 Å². The average Bonchev–Trinajstić information content (AvgIpc) is 2.59. The number of rotatable bonds is 5. The molecule has 0 fully saturated rings. The van der Waals surface area contributed by atoms with Crippen molar-refractivity contribution in [2.24, 2.45) is 5.92 Å². The second kappa shape index (κ2) is 8.23. The van der Waals surface area contributed by atoms with E-state index in [4.69, 9.17) is 4.74 Å². The molecule has 0 spiro atoms. The molecule has 0 N–H and O–H groups in total. The van der Waals surface area contributed by atoms with E-state index in [1.807, 2.05) is 0 Å². The van der Waals surface area contributed by atoms with Crippen LogP contribution in [-0.4, -0.2) is 18.6 Å². The Bertz CT molecular complexity index is 829. The van der Waals surface area contributed by atoms with Crippen LogP contribution in [0, 0.1) is 5.92 Å². The van der Waals surface area contributed by atoms with Gasteiger partial charge in [0.15, 0.2) is 12.4 Å². The van der Waals surface area contributed by atoms with Crippen molar-refractivity contribution < 1.29 is 53.8 Å². The normalized spacial score (nSPS) is 18.1. The smallest absolute Gasteiger partial charge is 0.422 e. The van der Waals surface area contributed by atoms with Gasteiger partial charge < -0.3 is 9.47 Å². The Morgan fingerprint density at radius 2 is 1.37 bits per heavy atom. The Kier molecular flexibility index (Phi) is 6.48. The summed E-state index contributed by atoms with van der Waals surface area (Å²) in [6.45, 7) is -1.19. The van der Waals surface area contributed by atoms with Crippen molar-refractivity contribution in [1.29, 1.82) is 0 Å². The lowest BCUT2D eigenvalue weighted by Crippen LogP contribution is -2.21. The van der Waals surface area contributed by atoms with E-state index in [0.717, 1.165) is 12.2 Å². The number of ketones is 1. The summed E-state index contributed by atoms with van der Waals surface area (Å²) < 4.78 is 124. The first-order valence-corrected chi connectivity index (χ1v) is 8.14. The second-order valence-corrected chi connectivity index (χ2v) is 6.32. The summed E-state index contributed by atoms with van der Waals surface area (Å²) in [5, 5.41) is 0. The maximum absolute atomic E-state index is 12.9. The summed E-state index contributed by atoms with van der Waals surface area (Å²) in [5.74, 6) is -2.48. The maximum Gasteiger partial charge on any atom is 0.422 e. The summed E-state index contributed by atoms with van der Waals surface area (Å²) in [7, 11) is 0. The molecule has 3 nitrogen and oxygen atoms in total. The van der Waals surface area contributed by atoms with Gasteiger partial charge in [0.1, 0.15) is 18.1 Å². The first-order chi connectivity index (χ1) is 13.6. The molecule has 12 heteroatoms. The van der Waals surface area contributed by atoms with Gasteiger partial charge in [-0.2, -0.15) is 39.5 Å². The Hall–Kier alpha value is -2.66. The van der Waals surface area contributed by atoms with E-state index >= 15 is 0 Å². The summed E-state index contributed by atoms with van der Waals surface area (Å²) in [4.78, 5) is 11.9. The van der Waals surface area contributed by atoms with Crippen molar-refractivity contribution in [2.45, 2.75) is 32.1 Å². The van der Waals surface area contributed by atoms with Gasteiger partial charge >= 0.3 is 18.5 Å². The van der Waals surface area contributed by atoms with Gasteiger partial charge in [0.25, 0.3) is 0 Å². The Labute approximate surface area is 163 Å². The number of carbonyl (C=O) groups excluding carboxylic acids is 1. The molecule has 0 amide bonds. The topological polar surface area (TPSA) is 35.5 Å². The monoisotopic (exact) mass is 448 g/mol. The molecule has 2 rings (SSSR count). The number of hydrogen-bond acceptors (Lipinski definition) is 3. The quantitative estimate of drug-likeness (QED) is 0.534. The molecule has 166 valence electrons. The molecule has 1 aliphatic carbocycles. The number of hydrogen-bond donors (Lipinski definition) is 0. The SMILES string of the molecule is CC1C(=O)C=C(OCC(F)(F)F)C=C1OCc1cc(C(F)(F)F)cc(C(F)(F)F)c1. The van der Waals surface area contributed by atoms with Crippen LogP contribution in [0.4, 0.5) is 39.5 Å². The molecule has 0 saturated heterocycles. The van der Waals surface area contributed by atoms with E-state index < -0.39 is 65.9 Å². The van der Waals surface area contributed by atoms with Crippen molar-refractivity contribution in [1.82, 2.24) is 0 Å². The van der Waals surface area contributed by atoms with Gasteiger partial charge in [0, 0.05) is 12.2 Å². The van der Waals surface area contributed by atoms with Crippen LogP contribution in [0.1, 0.15) is 23.6 Å². The largest absolute Gasteiger partial charge is 0.492 e. The van der Waals surface area contributed by atoms with Gasteiger partial charge in [0.05, 0.1) is 17.0 Å². The van der Waals surface area contributed by atoms with Crippen LogP contribution in [0.2, 0.25) is 0 Å². The second-order valence-electron chi connectivity index (χ2n) is 6.32. The van der Waals surface area contributed by atoms with Gasteiger partial charge in [-0.15, -0.1) is 0 Å². The molecule has 30 heavy (non-hydrogen) atoms.